The molecule has 130 valence electrons. The number of carbonyl (C=O) groups excluding carboxylic acids is 1. The molecule has 25 heavy (non-hydrogen) atoms. The van der Waals surface area contributed by atoms with Crippen LogP contribution in [0.5, 0.6) is 0 Å². The summed E-state index contributed by atoms with van der Waals surface area (Å²) in [7, 11) is 1.62. The summed E-state index contributed by atoms with van der Waals surface area (Å²) in [5.74, 6) is 0.745. The van der Waals surface area contributed by atoms with Gasteiger partial charge < -0.3 is 15.0 Å². The van der Waals surface area contributed by atoms with E-state index < -0.39 is 0 Å². The van der Waals surface area contributed by atoms with Crippen molar-refractivity contribution in [3.8, 4) is 11.4 Å². The zero-order valence-corrected chi connectivity index (χ0v) is 14.8. The third-order valence-electron chi connectivity index (χ3n) is 4.22. The molecule has 0 bridgehead atoms. The number of hydrogen-bond acceptors (Lipinski definition) is 5. The maximum Gasteiger partial charge on any atom is 0.317 e. The van der Waals surface area contributed by atoms with Crippen molar-refractivity contribution in [3.63, 3.8) is 0 Å². The van der Waals surface area contributed by atoms with E-state index in [-0.39, 0.29) is 6.03 Å². The van der Waals surface area contributed by atoms with Crippen molar-refractivity contribution in [3.05, 3.63) is 40.9 Å². The van der Waals surface area contributed by atoms with Gasteiger partial charge in [0.05, 0.1) is 18.8 Å². The van der Waals surface area contributed by atoms with Gasteiger partial charge in [-0.2, -0.15) is 4.98 Å². The highest BCUT2D eigenvalue weighted by molar-refractivity contribution is 7.17. The molecule has 8 heteroatoms. The standard InChI is InChI=1S/C17H19N5O2S/c1-24-10-8-18-16(23)21-9-7-13-14(11-21)25-17-19-15(20-22(13)17)12-5-3-2-4-6-12/h2-6H,7-11H2,1H3,(H,18,23). The van der Waals surface area contributed by atoms with E-state index in [1.165, 1.54) is 0 Å². The molecule has 0 spiro atoms. The molecule has 3 heterocycles. The molecule has 1 aliphatic heterocycles. The number of nitrogens with zero attached hydrogens (tertiary/aromatic N) is 4. The molecule has 3 aromatic rings. The number of fused-ring (bicyclic) bond motifs is 3. The predicted molar refractivity (Wildman–Crippen MR) is 95.7 cm³/mol. The Kier molecular flexibility index (Phi) is 4.37. The van der Waals surface area contributed by atoms with Gasteiger partial charge in [-0.1, -0.05) is 41.7 Å². The summed E-state index contributed by atoms with van der Waals surface area (Å²) < 4.78 is 6.89. The van der Waals surface area contributed by atoms with Crippen LogP contribution in [-0.4, -0.2) is 52.3 Å². The highest BCUT2D eigenvalue weighted by Gasteiger charge is 2.26. The number of urea groups is 1. The summed E-state index contributed by atoms with van der Waals surface area (Å²) in [6, 6.07) is 9.93. The Balaban J connectivity index is 1.53. The van der Waals surface area contributed by atoms with E-state index in [2.05, 4.69) is 15.4 Å². The maximum atomic E-state index is 12.2. The second-order valence-electron chi connectivity index (χ2n) is 5.86. The topological polar surface area (TPSA) is 71.8 Å². The molecule has 2 amide bonds. The average Bonchev–Trinajstić information content (AvgIpc) is 3.20. The lowest BCUT2D eigenvalue weighted by Crippen LogP contribution is -2.43. The minimum Gasteiger partial charge on any atom is -0.383 e. The van der Waals surface area contributed by atoms with E-state index >= 15 is 0 Å². The van der Waals surface area contributed by atoms with Crippen LogP contribution < -0.4 is 5.32 Å². The SMILES string of the molecule is COCCNC(=O)N1CCc2c(sc3nc(-c4ccccc4)nn23)C1. The molecule has 0 fully saturated rings. The fraction of sp³-hybridized carbons (Fsp3) is 0.353. The Bertz CT molecular complexity index is 889. The van der Waals surface area contributed by atoms with Gasteiger partial charge in [-0.05, 0) is 0 Å². The molecular formula is C17H19N5O2S. The van der Waals surface area contributed by atoms with Crippen LogP contribution in [0.4, 0.5) is 4.79 Å². The summed E-state index contributed by atoms with van der Waals surface area (Å²) in [6.45, 7) is 2.32. The molecule has 1 aliphatic rings. The first kappa shape index (κ1) is 16.0. The summed E-state index contributed by atoms with van der Waals surface area (Å²) in [6.07, 6.45) is 0.782. The molecule has 0 unspecified atom stereocenters. The number of rotatable bonds is 4. The molecule has 2 aromatic heterocycles. The molecule has 0 aliphatic carbocycles. The van der Waals surface area contributed by atoms with Crippen molar-refractivity contribution < 1.29 is 9.53 Å². The zero-order chi connectivity index (χ0) is 17.2. The number of thiazole rings is 1. The van der Waals surface area contributed by atoms with Crippen LogP contribution >= 0.6 is 11.3 Å². The van der Waals surface area contributed by atoms with Crippen molar-refractivity contribution in [1.82, 2.24) is 24.8 Å². The van der Waals surface area contributed by atoms with E-state index in [0.717, 1.165) is 33.3 Å². The predicted octanol–water partition coefficient (Wildman–Crippen LogP) is 2.17. The van der Waals surface area contributed by atoms with Crippen molar-refractivity contribution in [2.75, 3.05) is 26.8 Å². The smallest absolute Gasteiger partial charge is 0.317 e. The van der Waals surface area contributed by atoms with E-state index in [1.807, 2.05) is 39.7 Å². The molecule has 0 saturated heterocycles. The van der Waals surface area contributed by atoms with Gasteiger partial charge >= 0.3 is 6.03 Å². The average molecular weight is 357 g/mol. The molecule has 0 atom stereocenters. The van der Waals surface area contributed by atoms with E-state index in [9.17, 15) is 4.79 Å². The van der Waals surface area contributed by atoms with Crippen molar-refractivity contribution in [1.29, 1.82) is 0 Å². The van der Waals surface area contributed by atoms with E-state index in [1.54, 1.807) is 18.4 Å². The number of amides is 2. The first-order valence-electron chi connectivity index (χ1n) is 8.20. The van der Waals surface area contributed by atoms with Gasteiger partial charge in [-0.25, -0.2) is 9.31 Å². The van der Waals surface area contributed by atoms with Crippen LogP contribution in [0.3, 0.4) is 0 Å². The monoisotopic (exact) mass is 357 g/mol. The number of methoxy groups -OCH3 is 1. The first-order valence-corrected chi connectivity index (χ1v) is 9.02. The second kappa shape index (κ2) is 6.81. The number of hydrogen-bond donors (Lipinski definition) is 1. The van der Waals surface area contributed by atoms with Crippen LogP contribution in [0.1, 0.15) is 10.6 Å². The molecular weight excluding hydrogens is 338 g/mol. The van der Waals surface area contributed by atoms with Crippen LogP contribution in [-0.2, 0) is 17.7 Å². The third-order valence-corrected chi connectivity index (χ3v) is 5.28. The zero-order valence-electron chi connectivity index (χ0n) is 13.9. The van der Waals surface area contributed by atoms with Gasteiger partial charge in [-0.15, -0.1) is 5.10 Å². The van der Waals surface area contributed by atoms with Crippen LogP contribution in [0, 0.1) is 0 Å². The molecule has 0 radical (unpaired) electrons. The van der Waals surface area contributed by atoms with Gasteiger partial charge in [0, 0.05) is 37.1 Å². The number of nitrogens with one attached hydrogen (secondary N) is 1. The Morgan fingerprint density at radius 2 is 2.20 bits per heavy atom. The summed E-state index contributed by atoms with van der Waals surface area (Å²) in [5, 5.41) is 7.54. The Morgan fingerprint density at radius 1 is 1.36 bits per heavy atom. The largest absolute Gasteiger partial charge is 0.383 e. The second-order valence-corrected chi connectivity index (χ2v) is 6.93. The Labute approximate surface area is 149 Å². The molecule has 1 N–H and O–H groups in total. The lowest BCUT2D eigenvalue weighted by molar-refractivity contribution is 0.176. The number of ether oxygens (including phenoxy) is 1. The van der Waals surface area contributed by atoms with Crippen molar-refractivity contribution in [2.45, 2.75) is 13.0 Å². The highest BCUT2D eigenvalue weighted by atomic mass is 32.1. The Morgan fingerprint density at radius 3 is 3.00 bits per heavy atom. The van der Waals surface area contributed by atoms with Gasteiger partial charge in [0.2, 0.25) is 4.96 Å². The normalized spacial score (nSPS) is 13.9. The summed E-state index contributed by atoms with van der Waals surface area (Å²) in [5.41, 5.74) is 2.18. The number of carbonyl (C=O) groups is 1. The molecule has 7 nitrogen and oxygen atoms in total. The van der Waals surface area contributed by atoms with Gasteiger partial charge in [0.1, 0.15) is 0 Å². The number of benzene rings is 1. The van der Waals surface area contributed by atoms with Crippen LogP contribution in [0.25, 0.3) is 16.3 Å². The minimum absolute atomic E-state index is 0.0494. The summed E-state index contributed by atoms with van der Waals surface area (Å²) in [4.78, 5) is 20.7. The van der Waals surface area contributed by atoms with Crippen molar-refractivity contribution in [2.24, 2.45) is 0 Å². The number of aromatic nitrogens is 3. The third kappa shape index (κ3) is 3.10. The van der Waals surface area contributed by atoms with Gasteiger partial charge in [0.25, 0.3) is 0 Å². The van der Waals surface area contributed by atoms with E-state index in [0.29, 0.717) is 26.2 Å². The lowest BCUT2D eigenvalue weighted by atomic mass is 10.2. The van der Waals surface area contributed by atoms with Crippen molar-refractivity contribution >= 4 is 22.3 Å². The molecule has 1 aromatic carbocycles. The fourth-order valence-corrected chi connectivity index (χ4v) is 4.06. The van der Waals surface area contributed by atoms with Gasteiger partial charge in [0.15, 0.2) is 5.82 Å². The fourth-order valence-electron chi connectivity index (χ4n) is 2.94. The molecule has 4 rings (SSSR count). The first-order chi connectivity index (χ1) is 12.3. The highest BCUT2D eigenvalue weighted by Crippen LogP contribution is 2.29. The van der Waals surface area contributed by atoms with Gasteiger partial charge in [-0.3, -0.25) is 0 Å². The quantitative estimate of drug-likeness (QED) is 0.727. The Hall–Kier alpha value is -2.45. The van der Waals surface area contributed by atoms with E-state index in [4.69, 9.17) is 4.74 Å². The van der Waals surface area contributed by atoms with Crippen LogP contribution in [0.15, 0.2) is 30.3 Å². The maximum absolute atomic E-state index is 12.2. The lowest BCUT2D eigenvalue weighted by Gasteiger charge is -2.26. The summed E-state index contributed by atoms with van der Waals surface area (Å²) >= 11 is 1.61. The van der Waals surface area contributed by atoms with Crippen LogP contribution in [0.2, 0.25) is 0 Å². The minimum atomic E-state index is -0.0494. The molecule has 0 saturated carbocycles.